The highest BCUT2D eigenvalue weighted by atomic mass is 19.1. The fourth-order valence-corrected chi connectivity index (χ4v) is 2.98. The molecule has 1 atom stereocenters. The molecule has 1 N–H and O–H groups in total. The second-order valence-corrected chi connectivity index (χ2v) is 5.99. The Morgan fingerprint density at radius 2 is 1.92 bits per heavy atom. The minimum atomic E-state index is -0.847. The second kappa shape index (κ2) is 6.95. The standard InChI is InChI=1S/C18H19F2N3O/c1-12-5-2-9-16(21-12)23-10-4-6-13(11-23)22-18(24)17-14(19)7-3-8-15(17)20/h2-3,5,7-9,13H,4,6,10-11H2,1H3,(H,22,24). The Kier molecular flexibility index (Phi) is 4.74. The van der Waals surface area contributed by atoms with Crippen molar-refractivity contribution in [1.82, 2.24) is 10.3 Å². The molecule has 1 aromatic carbocycles. The molecule has 0 bridgehead atoms. The number of hydrogen-bond donors (Lipinski definition) is 1. The van der Waals surface area contributed by atoms with E-state index < -0.39 is 23.1 Å². The number of anilines is 1. The maximum absolute atomic E-state index is 13.7. The third-order valence-corrected chi connectivity index (χ3v) is 4.14. The van der Waals surface area contributed by atoms with Gasteiger partial charge in [-0.05, 0) is 44.0 Å². The third-order valence-electron chi connectivity index (χ3n) is 4.14. The molecular weight excluding hydrogens is 312 g/mol. The summed E-state index contributed by atoms with van der Waals surface area (Å²) >= 11 is 0. The first-order chi connectivity index (χ1) is 11.5. The molecule has 1 aliphatic rings. The van der Waals surface area contributed by atoms with Crippen LogP contribution in [0.5, 0.6) is 0 Å². The number of pyridine rings is 1. The minimum absolute atomic E-state index is 0.174. The lowest BCUT2D eigenvalue weighted by atomic mass is 10.0. The van der Waals surface area contributed by atoms with Crippen molar-refractivity contribution in [2.45, 2.75) is 25.8 Å². The van der Waals surface area contributed by atoms with Gasteiger partial charge in [0.25, 0.3) is 5.91 Å². The van der Waals surface area contributed by atoms with Crippen LogP contribution >= 0.6 is 0 Å². The summed E-state index contributed by atoms with van der Waals surface area (Å²) in [7, 11) is 0. The molecule has 1 amide bonds. The van der Waals surface area contributed by atoms with Gasteiger partial charge in [-0.15, -0.1) is 0 Å². The topological polar surface area (TPSA) is 45.2 Å². The first kappa shape index (κ1) is 16.4. The molecule has 126 valence electrons. The van der Waals surface area contributed by atoms with Crippen molar-refractivity contribution >= 4 is 11.7 Å². The molecule has 3 rings (SSSR count). The molecule has 2 heterocycles. The van der Waals surface area contributed by atoms with Crippen LogP contribution in [0.3, 0.4) is 0 Å². The minimum Gasteiger partial charge on any atom is -0.355 e. The molecule has 0 saturated carbocycles. The van der Waals surface area contributed by atoms with Crippen molar-refractivity contribution in [3.05, 3.63) is 59.3 Å². The molecule has 1 fully saturated rings. The summed E-state index contributed by atoms with van der Waals surface area (Å²) in [6.45, 7) is 3.34. The molecule has 6 heteroatoms. The highest BCUT2D eigenvalue weighted by Crippen LogP contribution is 2.19. The smallest absolute Gasteiger partial charge is 0.257 e. The monoisotopic (exact) mass is 331 g/mol. The van der Waals surface area contributed by atoms with Gasteiger partial charge in [-0.2, -0.15) is 0 Å². The Labute approximate surface area is 139 Å². The van der Waals surface area contributed by atoms with E-state index in [1.54, 1.807) is 0 Å². The van der Waals surface area contributed by atoms with Gasteiger partial charge >= 0.3 is 0 Å². The van der Waals surface area contributed by atoms with Crippen LogP contribution in [0.4, 0.5) is 14.6 Å². The molecule has 1 saturated heterocycles. The third kappa shape index (κ3) is 3.53. The Morgan fingerprint density at radius 3 is 2.62 bits per heavy atom. The van der Waals surface area contributed by atoms with E-state index in [1.807, 2.05) is 25.1 Å². The number of hydrogen-bond acceptors (Lipinski definition) is 3. The SMILES string of the molecule is Cc1cccc(N2CCCC(NC(=O)c3c(F)cccc3F)C2)n1. The molecule has 0 spiro atoms. The molecule has 1 aromatic heterocycles. The number of piperidine rings is 1. The van der Waals surface area contributed by atoms with Crippen LogP contribution in [-0.2, 0) is 0 Å². The number of benzene rings is 1. The number of amides is 1. The second-order valence-electron chi connectivity index (χ2n) is 5.99. The highest BCUT2D eigenvalue weighted by molar-refractivity contribution is 5.95. The van der Waals surface area contributed by atoms with Crippen LogP contribution in [0, 0.1) is 18.6 Å². The zero-order valence-corrected chi connectivity index (χ0v) is 13.4. The van der Waals surface area contributed by atoms with Crippen molar-refractivity contribution in [2.75, 3.05) is 18.0 Å². The van der Waals surface area contributed by atoms with E-state index in [2.05, 4.69) is 15.2 Å². The Hall–Kier alpha value is -2.50. The van der Waals surface area contributed by atoms with Crippen LogP contribution < -0.4 is 10.2 Å². The van der Waals surface area contributed by atoms with Gasteiger partial charge in [-0.25, -0.2) is 13.8 Å². The van der Waals surface area contributed by atoms with E-state index in [1.165, 1.54) is 6.07 Å². The average molecular weight is 331 g/mol. The molecule has 0 aliphatic carbocycles. The molecule has 24 heavy (non-hydrogen) atoms. The lowest BCUT2D eigenvalue weighted by Crippen LogP contribution is -2.48. The molecule has 4 nitrogen and oxygen atoms in total. The summed E-state index contributed by atoms with van der Waals surface area (Å²) in [4.78, 5) is 18.8. The summed E-state index contributed by atoms with van der Waals surface area (Å²) in [5.74, 6) is -1.55. The molecule has 1 aliphatic heterocycles. The zero-order valence-electron chi connectivity index (χ0n) is 13.4. The normalized spacial score (nSPS) is 17.6. The summed E-state index contributed by atoms with van der Waals surface area (Å²) in [6, 6.07) is 9.03. The molecule has 1 unspecified atom stereocenters. The fourth-order valence-electron chi connectivity index (χ4n) is 2.98. The van der Waals surface area contributed by atoms with Crippen molar-refractivity contribution in [3.63, 3.8) is 0 Å². The van der Waals surface area contributed by atoms with Gasteiger partial charge in [-0.3, -0.25) is 4.79 Å². The van der Waals surface area contributed by atoms with Crippen LogP contribution in [-0.4, -0.2) is 30.0 Å². The van der Waals surface area contributed by atoms with Gasteiger partial charge in [-0.1, -0.05) is 12.1 Å². The average Bonchev–Trinajstić information content (AvgIpc) is 2.55. The van der Waals surface area contributed by atoms with Gasteiger partial charge in [0.15, 0.2) is 0 Å². The number of aromatic nitrogens is 1. The van der Waals surface area contributed by atoms with E-state index in [0.29, 0.717) is 6.54 Å². The van der Waals surface area contributed by atoms with Crippen LogP contribution in [0.15, 0.2) is 36.4 Å². The first-order valence-electron chi connectivity index (χ1n) is 7.98. The Bertz CT molecular complexity index is 731. The quantitative estimate of drug-likeness (QED) is 0.940. The Balaban J connectivity index is 1.70. The maximum atomic E-state index is 13.7. The van der Waals surface area contributed by atoms with E-state index in [9.17, 15) is 13.6 Å². The predicted octanol–water partition coefficient (Wildman–Crippen LogP) is 3.07. The van der Waals surface area contributed by atoms with E-state index >= 15 is 0 Å². The fraction of sp³-hybridized carbons (Fsp3) is 0.333. The van der Waals surface area contributed by atoms with Crippen LogP contribution in [0.1, 0.15) is 28.9 Å². The van der Waals surface area contributed by atoms with Crippen LogP contribution in [0.25, 0.3) is 0 Å². The molecule has 2 aromatic rings. The number of halogens is 2. The van der Waals surface area contributed by atoms with Crippen LogP contribution in [0.2, 0.25) is 0 Å². The number of nitrogens with zero attached hydrogens (tertiary/aromatic N) is 2. The van der Waals surface area contributed by atoms with Gasteiger partial charge in [0, 0.05) is 24.8 Å². The number of aryl methyl sites for hydroxylation is 1. The number of nitrogens with one attached hydrogen (secondary N) is 1. The van der Waals surface area contributed by atoms with Gasteiger partial charge < -0.3 is 10.2 Å². The maximum Gasteiger partial charge on any atom is 0.257 e. The predicted molar refractivity (Wildman–Crippen MR) is 88.0 cm³/mol. The molecule has 0 radical (unpaired) electrons. The summed E-state index contributed by atoms with van der Waals surface area (Å²) < 4.78 is 27.4. The largest absolute Gasteiger partial charge is 0.355 e. The summed E-state index contributed by atoms with van der Waals surface area (Å²) in [6.07, 6.45) is 1.64. The zero-order chi connectivity index (χ0) is 17.1. The van der Waals surface area contributed by atoms with Gasteiger partial charge in [0.1, 0.15) is 23.0 Å². The lowest BCUT2D eigenvalue weighted by Gasteiger charge is -2.34. The summed E-state index contributed by atoms with van der Waals surface area (Å²) in [5, 5.41) is 2.74. The van der Waals surface area contributed by atoms with E-state index in [4.69, 9.17) is 0 Å². The van der Waals surface area contributed by atoms with Crippen molar-refractivity contribution in [2.24, 2.45) is 0 Å². The lowest BCUT2D eigenvalue weighted by molar-refractivity contribution is 0.0924. The highest BCUT2D eigenvalue weighted by Gasteiger charge is 2.25. The van der Waals surface area contributed by atoms with Gasteiger partial charge in [0.05, 0.1) is 0 Å². The van der Waals surface area contributed by atoms with Crippen molar-refractivity contribution in [1.29, 1.82) is 0 Å². The number of rotatable bonds is 3. The first-order valence-corrected chi connectivity index (χ1v) is 7.98. The number of carbonyl (C=O) groups is 1. The summed E-state index contributed by atoms with van der Waals surface area (Å²) in [5.41, 5.74) is 0.399. The van der Waals surface area contributed by atoms with Gasteiger partial charge in [0.2, 0.25) is 0 Å². The van der Waals surface area contributed by atoms with E-state index in [0.717, 1.165) is 43.0 Å². The Morgan fingerprint density at radius 1 is 1.21 bits per heavy atom. The van der Waals surface area contributed by atoms with E-state index in [-0.39, 0.29) is 6.04 Å². The molecular formula is C18H19F2N3O. The number of carbonyl (C=O) groups excluding carboxylic acids is 1. The van der Waals surface area contributed by atoms with Crippen molar-refractivity contribution < 1.29 is 13.6 Å². The van der Waals surface area contributed by atoms with Crippen molar-refractivity contribution in [3.8, 4) is 0 Å².